The zero-order valence-corrected chi connectivity index (χ0v) is 19.0. The van der Waals surface area contributed by atoms with Gasteiger partial charge < -0.3 is 14.8 Å². The van der Waals surface area contributed by atoms with E-state index >= 15 is 0 Å². The van der Waals surface area contributed by atoms with Crippen molar-refractivity contribution in [2.45, 2.75) is 51.7 Å². The first-order valence-electron chi connectivity index (χ1n) is 10.1. The summed E-state index contributed by atoms with van der Waals surface area (Å²) in [5.74, 6) is 1.21. The predicted octanol–water partition coefficient (Wildman–Crippen LogP) is 4.12. The highest BCUT2D eigenvalue weighted by Gasteiger charge is 2.39. The highest BCUT2D eigenvalue weighted by molar-refractivity contribution is 6.16. The summed E-state index contributed by atoms with van der Waals surface area (Å²) in [5, 5.41) is 2.60. The van der Waals surface area contributed by atoms with Gasteiger partial charge in [0.2, 0.25) is 0 Å². The number of halogens is 1. The van der Waals surface area contributed by atoms with Crippen LogP contribution in [0.5, 0.6) is 11.5 Å². The van der Waals surface area contributed by atoms with Crippen LogP contribution in [0.2, 0.25) is 0 Å². The zero-order chi connectivity index (χ0) is 20.8. The SMILES string of the molecule is CNC(=O)COc1cc2c(c3c1OC(C)(C)C3)C(c1ccccc1)=NC(C)(C)C2.Cl. The molecule has 2 aliphatic heterocycles. The van der Waals surface area contributed by atoms with E-state index in [4.69, 9.17) is 14.5 Å². The number of amides is 1. The van der Waals surface area contributed by atoms with Crippen molar-refractivity contribution in [3.05, 3.63) is 58.7 Å². The number of aliphatic imine (C=N–C) groups is 1. The fourth-order valence-electron chi connectivity index (χ4n) is 4.20. The van der Waals surface area contributed by atoms with Crippen molar-refractivity contribution >= 4 is 24.0 Å². The number of carbonyl (C=O) groups is 1. The third-order valence-electron chi connectivity index (χ3n) is 5.37. The van der Waals surface area contributed by atoms with Gasteiger partial charge in [-0.15, -0.1) is 12.4 Å². The molecule has 2 aliphatic rings. The van der Waals surface area contributed by atoms with Crippen LogP contribution in [0.25, 0.3) is 0 Å². The maximum absolute atomic E-state index is 11.7. The Hall–Kier alpha value is -2.53. The minimum atomic E-state index is -0.336. The van der Waals surface area contributed by atoms with E-state index in [2.05, 4.69) is 45.1 Å². The number of ether oxygens (including phenoxy) is 2. The van der Waals surface area contributed by atoms with Gasteiger partial charge in [0.25, 0.3) is 5.91 Å². The van der Waals surface area contributed by atoms with Crippen molar-refractivity contribution in [2.24, 2.45) is 4.99 Å². The average molecular weight is 429 g/mol. The fourth-order valence-corrected chi connectivity index (χ4v) is 4.20. The Labute approximate surface area is 184 Å². The van der Waals surface area contributed by atoms with Crippen LogP contribution in [0.1, 0.15) is 49.9 Å². The molecule has 0 atom stereocenters. The van der Waals surface area contributed by atoms with Crippen LogP contribution in [0.4, 0.5) is 0 Å². The summed E-state index contributed by atoms with van der Waals surface area (Å²) >= 11 is 0. The van der Waals surface area contributed by atoms with Gasteiger partial charge in [-0.05, 0) is 45.7 Å². The molecule has 0 aliphatic carbocycles. The maximum Gasteiger partial charge on any atom is 0.257 e. The molecule has 0 saturated heterocycles. The van der Waals surface area contributed by atoms with Crippen LogP contribution in [0, 0.1) is 0 Å². The molecule has 5 nitrogen and oxygen atoms in total. The average Bonchev–Trinajstić information content (AvgIpc) is 3.00. The summed E-state index contributed by atoms with van der Waals surface area (Å²) in [6.07, 6.45) is 1.58. The number of nitrogens with zero attached hydrogens (tertiary/aromatic N) is 1. The molecule has 6 heteroatoms. The van der Waals surface area contributed by atoms with Gasteiger partial charge in [0, 0.05) is 30.2 Å². The molecule has 1 N–H and O–H groups in total. The number of carbonyl (C=O) groups excluding carboxylic acids is 1. The lowest BCUT2D eigenvalue weighted by atomic mass is 9.81. The normalized spacial score (nSPS) is 17.6. The van der Waals surface area contributed by atoms with Gasteiger partial charge in [-0.1, -0.05) is 30.3 Å². The monoisotopic (exact) mass is 428 g/mol. The molecule has 1 amide bonds. The molecule has 0 radical (unpaired) electrons. The highest BCUT2D eigenvalue weighted by Crippen LogP contribution is 2.47. The van der Waals surface area contributed by atoms with Gasteiger partial charge in [0.05, 0.1) is 11.3 Å². The second-order valence-electron chi connectivity index (χ2n) is 9.03. The van der Waals surface area contributed by atoms with Crippen molar-refractivity contribution in [3.63, 3.8) is 0 Å². The smallest absolute Gasteiger partial charge is 0.257 e. The Morgan fingerprint density at radius 3 is 2.53 bits per heavy atom. The van der Waals surface area contributed by atoms with Crippen molar-refractivity contribution < 1.29 is 14.3 Å². The van der Waals surface area contributed by atoms with E-state index in [-0.39, 0.29) is 36.1 Å². The molecule has 0 bridgehead atoms. The number of hydrogen-bond donors (Lipinski definition) is 1. The van der Waals surface area contributed by atoms with E-state index in [0.29, 0.717) is 5.75 Å². The summed E-state index contributed by atoms with van der Waals surface area (Å²) in [5.41, 5.74) is 5.02. The van der Waals surface area contributed by atoms with Crippen molar-refractivity contribution in [2.75, 3.05) is 13.7 Å². The van der Waals surface area contributed by atoms with Gasteiger partial charge in [-0.25, -0.2) is 0 Å². The van der Waals surface area contributed by atoms with Gasteiger partial charge in [-0.2, -0.15) is 0 Å². The number of hydrogen-bond acceptors (Lipinski definition) is 4. The van der Waals surface area contributed by atoms with Gasteiger partial charge in [-0.3, -0.25) is 9.79 Å². The second kappa shape index (κ2) is 7.95. The fraction of sp³-hybridized carbons (Fsp3) is 0.417. The first kappa shape index (κ1) is 22.2. The standard InChI is InChI=1S/C24H28N2O3.ClH/c1-23(2)12-16-11-18(28-14-19(27)25-5)22-17(13-24(3,4)29-22)20(16)21(26-23)15-9-7-6-8-10-15;/h6-11H,12-14H2,1-5H3,(H,25,27);1H. The molecular formula is C24H29ClN2O3. The van der Waals surface area contributed by atoms with Crippen LogP contribution in [-0.4, -0.2) is 36.4 Å². The molecule has 2 aromatic carbocycles. The van der Waals surface area contributed by atoms with Crippen molar-refractivity contribution in [1.82, 2.24) is 5.32 Å². The van der Waals surface area contributed by atoms with Crippen LogP contribution < -0.4 is 14.8 Å². The first-order valence-corrected chi connectivity index (χ1v) is 10.1. The number of benzene rings is 2. The molecule has 160 valence electrons. The highest BCUT2D eigenvalue weighted by atomic mass is 35.5. The molecule has 30 heavy (non-hydrogen) atoms. The number of rotatable bonds is 4. The minimum absolute atomic E-state index is 0. The molecule has 0 aromatic heterocycles. The summed E-state index contributed by atoms with van der Waals surface area (Å²) in [4.78, 5) is 16.9. The van der Waals surface area contributed by atoms with E-state index in [1.807, 2.05) is 24.3 Å². The third-order valence-corrected chi connectivity index (χ3v) is 5.37. The Balaban J connectivity index is 0.00000256. The number of likely N-dealkylation sites (N-methyl/N-ethyl adjacent to an activating group) is 1. The summed E-state index contributed by atoms with van der Waals surface area (Å²) in [6.45, 7) is 8.42. The lowest BCUT2D eigenvalue weighted by Crippen LogP contribution is -2.30. The largest absolute Gasteiger partial charge is 0.483 e. The van der Waals surface area contributed by atoms with Gasteiger partial charge in [0.15, 0.2) is 18.1 Å². The maximum atomic E-state index is 11.7. The van der Waals surface area contributed by atoms with Crippen LogP contribution in [0.15, 0.2) is 41.4 Å². The summed E-state index contributed by atoms with van der Waals surface area (Å²) < 4.78 is 12.2. The molecule has 0 unspecified atom stereocenters. The topological polar surface area (TPSA) is 59.9 Å². The van der Waals surface area contributed by atoms with Crippen molar-refractivity contribution in [1.29, 1.82) is 0 Å². The minimum Gasteiger partial charge on any atom is -0.483 e. The Kier molecular flexibility index (Phi) is 5.87. The van der Waals surface area contributed by atoms with E-state index < -0.39 is 0 Å². The molecule has 0 spiro atoms. The van der Waals surface area contributed by atoms with E-state index in [0.717, 1.165) is 41.0 Å². The van der Waals surface area contributed by atoms with Gasteiger partial charge in [0.1, 0.15) is 5.60 Å². The lowest BCUT2D eigenvalue weighted by molar-refractivity contribution is -0.122. The number of fused-ring (bicyclic) bond motifs is 3. The summed E-state index contributed by atoms with van der Waals surface area (Å²) in [7, 11) is 1.60. The Morgan fingerprint density at radius 2 is 1.87 bits per heavy atom. The molecule has 0 fully saturated rings. The van der Waals surface area contributed by atoms with Gasteiger partial charge >= 0.3 is 0 Å². The lowest BCUT2D eigenvalue weighted by Gasteiger charge is -2.31. The quantitative estimate of drug-likeness (QED) is 0.796. The summed E-state index contributed by atoms with van der Waals surface area (Å²) in [6, 6.07) is 12.4. The molecule has 0 saturated carbocycles. The second-order valence-corrected chi connectivity index (χ2v) is 9.03. The van der Waals surface area contributed by atoms with Crippen LogP contribution in [0.3, 0.4) is 0 Å². The van der Waals surface area contributed by atoms with E-state index in [9.17, 15) is 4.79 Å². The Morgan fingerprint density at radius 1 is 1.17 bits per heavy atom. The molecule has 4 rings (SSSR count). The van der Waals surface area contributed by atoms with Crippen molar-refractivity contribution in [3.8, 4) is 11.5 Å². The third kappa shape index (κ3) is 4.17. The predicted molar refractivity (Wildman–Crippen MR) is 122 cm³/mol. The first-order chi connectivity index (χ1) is 13.7. The van der Waals surface area contributed by atoms with Crippen LogP contribution in [-0.2, 0) is 17.6 Å². The molecule has 2 aromatic rings. The number of nitrogens with one attached hydrogen (secondary N) is 1. The zero-order valence-electron chi connectivity index (χ0n) is 18.2. The Bertz CT molecular complexity index is 997. The molecular weight excluding hydrogens is 400 g/mol. The molecule has 2 heterocycles. The van der Waals surface area contributed by atoms with E-state index in [1.54, 1.807) is 7.05 Å². The van der Waals surface area contributed by atoms with Crippen LogP contribution >= 0.6 is 12.4 Å². The van der Waals surface area contributed by atoms with E-state index in [1.165, 1.54) is 5.56 Å².